The zero-order valence-electron chi connectivity index (χ0n) is 14.3. The molecule has 134 valence electrons. The molecule has 1 aliphatic rings. The van der Waals surface area contributed by atoms with Gasteiger partial charge in [-0.1, -0.05) is 12.1 Å². The predicted octanol–water partition coefficient (Wildman–Crippen LogP) is 2.40. The lowest BCUT2D eigenvalue weighted by Crippen LogP contribution is -2.40. The van der Waals surface area contributed by atoms with Gasteiger partial charge in [-0.05, 0) is 36.4 Å². The molecule has 0 aliphatic carbocycles. The van der Waals surface area contributed by atoms with Crippen molar-refractivity contribution in [2.45, 2.75) is 13.3 Å². The molecule has 0 atom stereocenters. The lowest BCUT2D eigenvalue weighted by Gasteiger charge is -2.29. The standard InChI is InChI=1S/C19H19N3O4/c1-13(23)20-14-6-8-15(9-7-14)21-18(24)10-11-22-16-4-2-3-5-17(16)26-12-19(22)25/h2-9H,10-12H2,1H3,(H,20,23)(H,21,24). The van der Waals surface area contributed by atoms with E-state index in [2.05, 4.69) is 10.6 Å². The number of benzene rings is 2. The van der Waals surface area contributed by atoms with Gasteiger partial charge >= 0.3 is 0 Å². The van der Waals surface area contributed by atoms with Gasteiger partial charge in [-0.15, -0.1) is 0 Å². The molecule has 2 aromatic rings. The first-order chi connectivity index (χ1) is 12.5. The van der Waals surface area contributed by atoms with Crippen LogP contribution in [-0.2, 0) is 14.4 Å². The van der Waals surface area contributed by atoms with E-state index in [-0.39, 0.29) is 37.3 Å². The van der Waals surface area contributed by atoms with Crippen LogP contribution in [0.1, 0.15) is 13.3 Å². The third-order valence-corrected chi connectivity index (χ3v) is 3.86. The van der Waals surface area contributed by atoms with E-state index in [1.54, 1.807) is 41.3 Å². The highest BCUT2D eigenvalue weighted by Crippen LogP contribution is 2.31. The van der Waals surface area contributed by atoms with Gasteiger partial charge in [0.2, 0.25) is 11.8 Å². The molecule has 0 bridgehead atoms. The van der Waals surface area contributed by atoms with Crippen molar-refractivity contribution in [3.05, 3.63) is 48.5 Å². The fourth-order valence-electron chi connectivity index (χ4n) is 2.68. The highest BCUT2D eigenvalue weighted by atomic mass is 16.5. The Hall–Kier alpha value is -3.35. The van der Waals surface area contributed by atoms with Crippen molar-refractivity contribution in [2.75, 3.05) is 28.7 Å². The first-order valence-electron chi connectivity index (χ1n) is 8.22. The third kappa shape index (κ3) is 4.18. The fraction of sp³-hybridized carbons (Fsp3) is 0.211. The van der Waals surface area contributed by atoms with Crippen LogP contribution in [0.25, 0.3) is 0 Å². The summed E-state index contributed by atoms with van der Waals surface area (Å²) in [7, 11) is 0. The van der Waals surface area contributed by atoms with E-state index in [1.165, 1.54) is 6.92 Å². The molecular formula is C19H19N3O4. The molecule has 0 unspecified atom stereocenters. The molecule has 1 heterocycles. The van der Waals surface area contributed by atoms with E-state index in [0.717, 1.165) is 0 Å². The Balaban J connectivity index is 1.57. The number of nitrogens with zero attached hydrogens (tertiary/aromatic N) is 1. The van der Waals surface area contributed by atoms with E-state index in [0.29, 0.717) is 22.8 Å². The quantitative estimate of drug-likeness (QED) is 0.864. The van der Waals surface area contributed by atoms with Gasteiger partial charge in [-0.2, -0.15) is 0 Å². The Morgan fingerprint density at radius 2 is 1.69 bits per heavy atom. The number of carbonyl (C=O) groups excluding carboxylic acids is 3. The van der Waals surface area contributed by atoms with Gasteiger partial charge < -0.3 is 20.3 Å². The Bertz CT molecular complexity index is 833. The number of amides is 3. The lowest BCUT2D eigenvalue weighted by molar-refractivity contribution is -0.121. The van der Waals surface area contributed by atoms with Gasteiger partial charge in [0.25, 0.3) is 5.91 Å². The lowest BCUT2D eigenvalue weighted by atomic mass is 10.2. The Kier molecular flexibility index (Phi) is 5.17. The van der Waals surface area contributed by atoms with Crippen molar-refractivity contribution in [1.82, 2.24) is 0 Å². The summed E-state index contributed by atoms with van der Waals surface area (Å²) in [6.07, 6.45) is 0.160. The van der Waals surface area contributed by atoms with Crippen LogP contribution in [0.4, 0.5) is 17.1 Å². The second-order valence-electron chi connectivity index (χ2n) is 5.86. The highest BCUT2D eigenvalue weighted by Gasteiger charge is 2.25. The number of para-hydroxylation sites is 2. The second kappa shape index (κ2) is 7.69. The first-order valence-corrected chi connectivity index (χ1v) is 8.22. The van der Waals surface area contributed by atoms with Crippen LogP contribution in [0.2, 0.25) is 0 Å². The summed E-state index contributed by atoms with van der Waals surface area (Å²) in [6.45, 7) is 1.68. The summed E-state index contributed by atoms with van der Waals surface area (Å²) < 4.78 is 5.39. The molecule has 1 aliphatic heterocycles. The van der Waals surface area contributed by atoms with E-state index in [1.807, 2.05) is 12.1 Å². The molecule has 3 amide bonds. The summed E-state index contributed by atoms with van der Waals surface area (Å²) in [5, 5.41) is 5.44. The number of anilines is 3. The Morgan fingerprint density at radius 3 is 2.38 bits per heavy atom. The normalized spacial score (nSPS) is 12.8. The van der Waals surface area contributed by atoms with Crippen LogP contribution < -0.4 is 20.3 Å². The van der Waals surface area contributed by atoms with E-state index >= 15 is 0 Å². The van der Waals surface area contributed by atoms with Crippen molar-refractivity contribution < 1.29 is 19.1 Å². The highest BCUT2D eigenvalue weighted by molar-refractivity contribution is 5.99. The summed E-state index contributed by atoms with van der Waals surface area (Å²) in [4.78, 5) is 36.8. The number of hydrogen-bond donors (Lipinski definition) is 2. The van der Waals surface area contributed by atoms with Gasteiger partial charge in [0.1, 0.15) is 5.75 Å². The van der Waals surface area contributed by atoms with Crippen molar-refractivity contribution >= 4 is 34.8 Å². The summed E-state index contributed by atoms with van der Waals surface area (Å²) in [5.74, 6) is 0.114. The summed E-state index contributed by atoms with van der Waals surface area (Å²) in [6, 6.07) is 14.1. The fourth-order valence-corrected chi connectivity index (χ4v) is 2.68. The maximum Gasteiger partial charge on any atom is 0.265 e. The molecule has 0 fully saturated rings. The monoisotopic (exact) mass is 353 g/mol. The molecule has 7 nitrogen and oxygen atoms in total. The van der Waals surface area contributed by atoms with Crippen molar-refractivity contribution in [3.8, 4) is 5.75 Å². The van der Waals surface area contributed by atoms with Crippen LogP contribution in [0.15, 0.2) is 48.5 Å². The van der Waals surface area contributed by atoms with Crippen molar-refractivity contribution in [3.63, 3.8) is 0 Å². The minimum atomic E-state index is -0.200. The first kappa shape index (κ1) is 17.5. The minimum absolute atomic E-state index is 0.0246. The van der Waals surface area contributed by atoms with Crippen LogP contribution in [0, 0.1) is 0 Å². The number of hydrogen-bond acceptors (Lipinski definition) is 4. The zero-order valence-corrected chi connectivity index (χ0v) is 14.3. The molecule has 0 radical (unpaired) electrons. The Morgan fingerprint density at radius 1 is 1.04 bits per heavy atom. The van der Waals surface area contributed by atoms with Crippen molar-refractivity contribution in [2.24, 2.45) is 0 Å². The summed E-state index contributed by atoms with van der Waals surface area (Å²) >= 11 is 0. The molecule has 0 saturated heterocycles. The Labute approximate surface area is 150 Å². The van der Waals surface area contributed by atoms with Crippen molar-refractivity contribution in [1.29, 1.82) is 0 Å². The van der Waals surface area contributed by atoms with E-state index in [9.17, 15) is 14.4 Å². The maximum atomic E-state index is 12.2. The van der Waals surface area contributed by atoms with Crippen LogP contribution in [0.3, 0.4) is 0 Å². The van der Waals surface area contributed by atoms with Gasteiger partial charge in [0.15, 0.2) is 6.61 Å². The minimum Gasteiger partial charge on any atom is -0.482 e. The molecule has 2 aromatic carbocycles. The van der Waals surface area contributed by atoms with Gasteiger partial charge in [-0.3, -0.25) is 14.4 Å². The molecule has 0 spiro atoms. The van der Waals surface area contributed by atoms with Gasteiger partial charge in [-0.25, -0.2) is 0 Å². The van der Waals surface area contributed by atoms with Crippen LogP contribution in [-0.4, -0.2) is 30.9 Å². The largest absolute Gasteiger partial charge is 0.482 e. The van der Waals surface area contributed by atoms with E-state index in [4.69, 9.17) is 4.74 Å². The average Bonchev–Trinajstić information content (AvgIpc) is 2.62. The number of ether oxygens (including phenoxy) is 1. The average molecular weight is 353 g/mol. The SMILES string of the molecule is CC(=O)Nc1ccc(NC(=O)CCN2C(=O)COc3ccccc32)cc1. The number of fused-ring (bicyclic) bond motifs is 1. The number of carbonyl (C=O) groups is 3. The molecule has 7 heteroatoms. The molecule has 26 heavy (non-hydrogen) atoms. The molecule has 0 aromatic heterocycles. The van der Waals surface area contributed by atoms with E-state index < -0.39 is 0 Å². The zero-order chi connectivity index (χ0) is 18.5. The molecular weight excluding hydrogens is 334 g/mol. The third-order valence-electron chi connectivity index (χ3n) is 3.86. The topological polar surface area (TPSA) is 87.7 Å². The smallest absolute Gasteiger partial charge is 0.265 e. The molecule has 3 rings (SSSR count). The van der Waals surface area contributed by atoms with Gasteiger partial charge in [0.05, 0.1) is 5.69 Å². The van der Waals surface area contributed by atoms with Crippen LogP contribution in [0.5, 0.6) is 5.75 Å². The molecule has 0 saturated carbocycles. The maximum absolute atomic E-state index is 12.2. The number of nitrogens with one attached hydrogen (secondary N) is 2. The number of rotatable bonds is 5. The van der Waals surface area contributed by atoms with Gasteiger partial charge in [0, 0.05) is 31.3 Å². The predicted molar refractivity (Wildman–Crippen MR) is 98.3 cm³/mol. The molecule has 2 N–H and O–H groups in total. The van der Waals surface area contributed by atoms with Crippen LogP contribution >= 0.6 is 0 Å². The summed E-state index contributed by atoms with van der Waals surface area (Å²) in [5.41, 5.74) is 1.96. The second-order valence-corrected chi connectivity index (χ2v) is 5.86.